The fourth-order valence-corrected chi connectivity index (χ4v) is 4.11. The summed E-state index contributed by atoms with van der Waals surface area (Å²) in [7, 11) is 0. The Hall–Kier alpha value is 0.316. The standard InChI is InChI=1S/C12H14FO2.BrH.Mg/c13-11-5-3-4-10(8-11)9-15-12-6-1-2-7-14-12;;/h3,5,8,12H,1-2,6-7,9H2;1H;/q;;+1/p-1. The van der Waals surface area contributed by atoms with Crippen molar-refractivity contribution in [2.24, 2.45) is 0 Å². The molecule has 0 bridgehead atoms. The van der Waals surface area contributed by atoms with E-state index in [2.05, 4.69) is 12.9 Å². The van der Waals surface area contributed by atoms with E-state index in [9.17, 15) is 4.39 Å². The van der Waals surface area contributed by atoms with Crippen molar-refractivity contribution in [1.29, 1.82) is 0 Å². The molecule has 1 fully saturated rings. The summed E-state index contributed by atoms with van der Waals surface area (Å²) in [6, 6.07) is 4.91. The van der Waals surface area contributed by atoms with Gasteiger partial charge in [-0.3, -0.25) is 12.9 Å². The highest BCUT2D eigenvalue weighted by molar-refractivity contribution is 9.23. The third-order valence-corrected chi connectivity index (χ3v) is 5.66. The molecule has 1 aromatic carbocycles. The van der Waals surface area contributed by atoms with Crippen molar-refractivity contribution in [3.05, 3.63) is 29.6 Å². The Morgan fingerprint density at radius 1 is 1.47 bits per heavy atom. The number of rotatable bonds is 4. The first kappa shape index (κ1) is 13.7. The van der Waals surface area contributed by atoms with Crippen LogP contribution in [0.5, 0.6) is 0 Å². The minimum Gasteiger partial charge on any atom is -0.353 e. The van der Waals surface area contributed by atoms with E-state index >= 15 is 0 Å². The first-order valence-electron chi connectivity index (χ1n) is 5.86. The Bertz CT molecular complexity index is 370. The molecule has 0 spiro atoms. The minimum atomic E-state index is -0.477. The van der Waals surface area contributed by atoms with Gasteiger partial charge in [0.1, 0.15) is 5.82 Å². The van der Waals surface area contributed by atoms with Gasteiger partial charge in [-0.05, 0) is 37.0 Å². The second kappa shape index (κ2) is 7.04. The van der Waals surface area contributed by atoms with Gasteiger partial charge in [-0.1, -0.05) is 6.07 Å². The zero-order valence-corrected chi connectivity index (χ0v) is 12.6. The Morgan fingerprint density at radius 3 is 3.06 bits per heavy atom. The molecule has 1 unspecified atom stereocenters. The molecular formula is C12H14BrFMgO2. The number of ether oxygens (including phenoxy) is 2. The molecule has 0 N–H and O–H groups in total. The van der Waals surface area contributed by atoms with Gasteiger partial charge in [-0.2, -0.15) is 0 Å². The number of halogens is 2. The third kappa shape index (κ3) is 4.17. The normalized spacial score (nSPS) is 20.0. The molecule has 1 saturated heterocycles. The van der Waals surface area contributed by atoms with Crippen molar-refractivity contribution in [2.45, 2.75) is 32.2 Å². The molecule has 5 heteroatoms. The maximum absolute atomic E-state index is 13.2. The van der Waals surface area contributed by atoms with Gasteiger partial charge in [0.25, 0.3) is 0 Å². The maximum Gasteiger partial charge on any atom is 0.507 e. The predicted molar refractivity (Wildman–Crippen MR) is 69.1 cm³/mol. The van der Waals surface area contributed by atoms with Gasteiger partial charge in [0.15, 0.2) is 6.29 Å². The molecule has 2 rings (SSSR count). The van der Waals surface area contributed by atoms with Crippen molar-refractivity contribution >= 4 is 34.8 Å². The first-order chi connectivity index (χ1) is 8.29. The lowest BCUT2D eigenvalue weighted by atomic mass is 10.2. The summed E-state index contributed by atoms with van der Waals surface area (Å²) in [4.78, 5) is 0. The molecule has 1 aromatic rings. The molecule has 0 aromatic heterocycles. The summed E-state index contributed by atoms with van der Waals surface area (Å²) in [6.45, 7) is 1.21. The van der Waals surface area contributed by atoms with Crippen LogP contribution in [-0.2, 0) is 16.1 Å². The van der Waals surface area contributed by atoms with Crippen LogP contribution >= 0.6 is 12.9 Å². The molecule has 1 heterocycles. The summed E-state index contributed by atoms with van der Waals surface area (Å²) >= 11 is 3.05. The quantitative estimate of drug-likeness (QED) is 0.795. The Balaban J connectivity index is 1.95. The van der Waals surface area contributed by atoms with E-state index in [0.29, 0.717) is 6.61 Å². The van der Waals surface area contributed by atoms with Crippen LogP contribution in [0.4, 0.5) is 4.39 Å². The number of hydrogen-bond acceptors (Lipinski definition) is 2. The van der Waals surface area contributed by atoms with Crippen molar-refractivity contribution in [1.82, 2.24) is 0 Å². The summed E-state index contributed by atoms with van der Waals surface area (Å²) < 4.78 is 25.5. The highest BCUT2D eigenvalue weighted by Crippen LogP contribution is 2.15. The molecule has 0 saturated carbocycles. The lowest BCUT2D eigenvalue weighted by molar-refractivity contribution is -0.168. The lowest BCUT2D eigenvalue weighted by Crippen LogP contribution is -2.24. The van der Waals surface area contributed by atoms with Gasteiger partial charge >= 0.3 is 18.2 Å². The van der Waals surface area contributed by atoms with Crippen LogP contribution in [0.2, 0.25) is 0 Å². The molecular weight excluding hydrogens is 299 g/mol. The lowest BCUT2D eigenvalue weighted by Gasteiger charge is -2.23. The Labute approximate surface area is 116 Å². The third-order valence-electron chi connectivity index (χ3n) is 2.87. The van der Waals surface area contributed by atoms with Crippen LogP contribution in [0.3, 0.4) is 0 Å². The molecule has 1 aliphatic heterocycles. The van der Waals surface area contributed by atoms with Crippen LogP contribution in [0.1, 0.15) is 24.8 Å². The van der Waals surface area contributed by atoms with E-state index in [-0.39, 0.29) is 12.1 Å². The van der Waals surface area contributed by atoms with Crippen molar-refractivity contribution in [2.75, 3.05) is 6.61 Å². The van der Waals surface area contributed by atoms with E-state index in [1.165, 1.54) is 9.76 Å². The molecule has 1 atom stereocenters. The molecule has 0 radical (unpaired) electrons. The van der Waals surface area contributed by atoms with Crippen LogP contribution in [-0.4, -0.2) is 31.1 Å². The minimum absolute atomic E-state index is 0.114. The number of benzene rings is 1. The molecule has 1 aliphatic rings. The molecule has 17 heavy (non-hydrogen) atoms. The van der Waals surface area contributed by atoms with Crippen molar-refractivity contribution in [3.63, 3.8) is 0 Å². The van der Waals surface area contributed by atoms with Crippen LogP contribution < -0.4 is 3.69 Å². The van der Waals surface area contributed by atoms with Crippen LogP contribution in [0.25, 0.3) is 0 Å². The van der Waals surface area contributed by atoms with Crippen molar-refractivity contribution < 1.29 is 13.9 Å². The zero-order chi connectivity index (χ0) is 12.1. The smallest absolute Gasteiger partial charge is 0.353 e. The van der Waals surface area contributed by atoms with Gasteiger partial charge < -0.3 is 9.47 Å². The maximum atomic E-state index is 13.2. The second-order valence-electron chi connectivity index (χ2n) is 4.15. The fraction of sp³-hybridized carbons (Fsp3) is 0.500. The van der Waals surface area contributed by atoms with E-state index in [4.69, 9.17) is 9.47 Å². The average Bonchev–Trinajstić information content (AvgIpc) is 2.38. The molecule has 0 amide bonds. The largest absolute Gasteiger partial charge is 0.507 e. The van der Waals surface area contributed by atoms with Gasteiger partial charge in [-0.25, -0.2) is 4.39 Å². The van der Waals surface area contributed by atoms with Crippen LogP contribution in [0, 0.1) is 5.82 Å². The predicted octanol–water partition coefficient (Wildman–Crippen LogP) is 2.51. The number of hydrogen-bond donors (Lipinski definition) is 0. The van der Waals surface area contributed by atoms with Gasteiger partial charge in [0.2, 0.25) is 0 Å². The summed E-state index contributed by atoms with van der Waals surface area (Å²) in [5, 5.41) is 0. The highest BCUT2D eigenvalue weighted by atomic mass is 79.9. The summed E-state index contributed by atoms with van der Waals surface area (Å²) in [5.74, 6) is -0.202. The Kier molecular flexibility index (Phi) is 5.69. The van der Waals surface area contributed by atoms with E-state index < -0.39 is 18.2 Å². The van der Waals surface area contributed by atoms with E-state index in [1.807, 2.05) is 6.07 Å². The zero-order valence-electron chi connectivity index (χ0n) is 9.62. The van der Waals surface area contributed by atoms with Gasteiger partial charge in [0.05, 0.1) is 6.61 Å². The van der Waals surface area contributed by atoms with E-state index in [0.717, 1.165) is 31.4 Å². The van der Waals surface area contributed by atoms with E-state index in [1.54, 1.807) is 6.07 Å². The Morgan fingerprint density at radius 2 is 2.35 bits per heavy atom. The molecule has 2 nitrogen and oxygen atoms in total. The molecule has 90 valence electrons. The second-order valence-corrected chi connectivity index (χ2v) is 6.87. The van der Waals surface area contributed by atoms with Crippen molar-refractivity contribution in [3.8, 4) is 0 Å². The first-order valence-corrected chi connectivity index (χ1v) is 10.5. The fourth-order valence-electron chi connectivity index (χ4n) is 1.88. The average molecular weight is 313 g/mol. The highest BCUT2D eigenvalue weighted by Gasteiger charge is 2.15. The summed E-state index contributed by atoms with van der Waals surface area (Å²) in [6.07, 6.45) is 3.08. The van der Waals surface area contributed by atoms with Gasteiger partial charge in [-0.15, -0.1) is 3.69 Å². The summed E-state index contributed by atoms with van der Waals surface area (Å²) in [5.41, 5.74) is 0.947. The topological polar surface area (TPSA) is 18.5 Å². The molecule has 0 aliphatic carbocycles. The van der Waals surface area contributed by atoms with Crippen LogP contribution in [0.15, 0.2) is 18.2 Å². The van der Waals surface area contributed by atoms with Gasteiger partial charge in [0, 0.05) is 6.61 Å². The SMILES string of the molecule is Fc1cc[c]([Mg][Br])c(COC2CCCCO2)c1. The monoisotopic (exact) mass is 312 g/mol.